The van der Waals surface area contributed by atoms with Gasteiger partial charge in [-0.25, -0.2) is 0 Å². The van der Waals surface area contributed by atoms with Crippen LogP contribution >= 0.6 is 11.8 Å². The highest BCUT2D eigenvalue weighted by atomic mass is 32.2. The summed E-state index contributed by atoms with van der Waals surface area (Å²) >= 11 is 1.47. The summed E-state index contributed by atoms with van der Waals surface area (Å²) < 4.78 is 7.09. The van der Waals surface area contributed by atoms with Crippen molar-refractivity contribution in [3.05, 3.63) is 77.2 Å². The van der Waals surface area contributed by atoms with Crippen molar-refractivity contribution < 1.29 is 14.1 Å². The van der Waals surface area contributed by atoms with E-state index in [9.17, 15) is 9.59 Å². The summed E-state index contributed by atoms with van der Waals surface area (Å²) in [4.78, 5) is 25.9. The Morgan fingerprint density at radius 3 is 2.55 bits per heavy atom. The predicted octanol–water partition coefficient (Wildman–Crippen LogP) is 4.72. The second kappa shape index (κ2) is 9.95. The quantitative estimate of drug-likeness (QED) is 0.370. The van der Waals surface area contributed by atoms with Crippen LogP contribution in [0.4, 0.5) is 5.82 Å². The van der Waals surface area contributed by atoms with E-state index in [0.29, 0.717) is 30.2 Å². The second-order valence-electron chi connectivity index (χ2n) is 8.00. The first-order valence-electron chi connectivity index (χ1n) is 10.7. The summed E-state index contributed by atoms with van der Waals surface area (Å²) in [6.45, 7) is 6.88. The van der Waals surface area contributed by atoms with Gasteiger partial charge in [0.05, 0.1) is 5.75 Å². The monoisotopic (exact) mass is 462 g/mol. The highest BCUT2D eigenvalue weighted by Crippen LogP contribution is 2.30. The molecule has 2 aromatic heterocycles. The summed E-state index contributed by atoms with van der Waals surface area (Å²) in [6.07, 6.45) is 2.03. The molecule has 2 heterocycles. The molecule has 4 rings (SSSR count). The van der Waals surface area contributed by atoms with E-state index in [1.165, 1.54) is 11.8 Å². The van der Waals surface area contributed by atoms with E-state index in [-0.39, 0.29) is 17.6 Å². The SMILES string of the molecule is Cc1cc(C)cc(C(=O)NCCn2cc(SCC(=O)Nc3cc(C)on3)c3ccccc32)c1. The van der Waals surface area contributed by atoms with Crippen LogP contribution in [-0.2, 0) is 11.3 Å². The molecule has 33 heavy (non-hydrogen) atoms. The lowest BCUT2D eigenvalue weighted by atomic mass is 10.1. The number of amides is 2. The van der Waals surface area contributed by atoms with E-state index in [1.807, 2.05) is 56.4 Å². The number of anilines is 1. The van der Waals surface area contributed by atoms with Gasteiger partial charge in [-0.1, -0.05) is 40.5 Å². The average molecular weight is 463 g/mol. The Labute approximate surface area is 196 Å². The number of fused-ring (bicyclic) bond motifs is 1. The topological polar surface area (TPSA) is 89.2 Å². The zero-order valence-corrected chi connectivity index (χ0v) is 19.7. The molecule has 0 bridgehead atoms. The Balaban J connectivity index is 1.39. The Hall–Kier alpha value is -3.52. The lowest BCUT2D eigenvalue weighted by molar-refractivity contribution is -0.113. The third kappa shape index (κ3) is 5.64. The molecule has 0 radical (unpaired) electrons. The van der Waals surface area contributed by atoms with E-state index in [2.05, 4.69) is 26.4 Å². The molecule has 2 amide bonds. The first-order valence-corrected chi connectivity index (χ1v) is 11.7. The predicted molar refractivity (Wildman–Crippen MR) is 131 cm³/mol. The lowest BCUT2D eigenvalue weighted by Crippen LogP contribution is -2.27. The van der Waals surface area contributed by atoms with Gasteiger partial charge in [0, 0.05) is 46.7 Å². The molecule has 0 aliphatic heterocycles. The fourth-order valence-electron chi connectivity index (χ4n) is 3.76. The van der Waals surface area contributed by atoms with Crippen LogP contribution in [0.1, 0.15) is 27.2 Å². The largest absolute Gasteiger partial charge is 0.360 e. The standard InChI is InChI=1S/C25H26N4O3S/c1-16-10-17(2)12-19(11-16)25(31)26-8-9-29-14-22(20-6-4-5-7-21(20)29)33-15-24(30)27-23-13-18(3)32-28-23/h4-7,10-14H,8-9,15H2,1-3H3,(H,26,31)(H,27,28,30). The molecule has 4 aromatic rings. The number of nitrogens with zero attached hydrogens (tertiary/aromatic N) is 2. The van der Waals surface area contributed by atoms with Crippen LogP contribution in [0.2, 0.25) is 0 Å². The number of benzene rings is 2. The van der Waals surface area contributed by atoms with Gasteiger partial charge in [-0.15, -0.1) is 11.8 Å². The second-order valence-corrected chi connectivity index (χ2v) is 9.01. The first-order chi connectivity index (χ1) is 15.9. The third-order valence-electron chi connectivity index (χ3n) is 5.13. The molecular formula is C25H26N4O3S. The van der Waals surface area contributed by atoms with Gasteiger partial charge in [0.25, 0.3) is 5.91 Å². The fraction of sp³-hybridized carbons (Fsp3) is 0.240. The number of nitrogens with one attached hydrogen (secondary N) is 2. The van der Waals surface area contributed by atoms with Gasteiger partial charge in [0.15, 0.2) is 5.82 Å². The highest BCUT2D eigenvalue weighted by Gasteiger charge is 2.13. The van der Waals surface area contributed by atoms with Gasteiger partial charge in [-0.2, -0.15) is 0 Å². The third-order valence-corrected chi connectivity index (χ3v) is 6.17. The molecule has 2 N–H and O–H groups in total. The van der Waals surface area contributed by atoms with Crippen molar-refractivity contribution in [2.45, 2.75) is 32.2 Å². The Morgan fingerprint density at radius 2 is 1.82 bits per heavy atom. The van der Waals surface area contributed by atoms with E-state index >= 15 is 0 Å². The van der Waals surface area contributed by atoms with Crippen molar-refractivity contribution in [1.82, 2.24) is 15.0 Å². The smallest absolute Gasteiger partial charge is 0.251 e. The van der Waals surface area contributed by atoms with E-state index in [1.54, 1.807) is 13.0 Å². The summed E-state index contributed by atoms with van der Waals surface area (Å²) in [5, 5.41) is 10.6. The molecule has 0 saturated carbocycles. The molecule has 0 aliphatic rings. The number of aryl methyl sites for hydroxylation is 3. The summed E-state index contributed by atoms with van der Waals surface area (Å²) in [5.74, 6) is 1.09. The van der Waals surface area contributed by atoms with Gasteiger partial charge in [0.2, 0.25) is 5.91 Å². The van der Waals surface area contributed by atoms with Crippen LogP contribution in [0.5, 0.6) is 0 Å². The van der Waals surface area contributed by atoms with Gasteiger partial charge in [-0.05, 0) is 39.0 Å². The summed E-state index contributed by atoms with van der Waals surface area (Å²) in [5.41, 5.74) is 3.88. The first kappa shape index (κ1) is 22.7. The molecule has 8 heteroatoms. The highest BCUT2D eigenvalue weighted by molar-refractivity contribution is 8.00. The van der Waals surface area contributed by atoms with Crippen molar-refractivity contribution in [3.63, 3.8) is 0 Å². The zero-order valence-electron chi connectivity index (χ0n) is 18.8. The average Bonchev–Trinajstić information content (AvgIpc) is 3.34. The van der Waals surface area contributed by atoms with E-state index in [4.69, 9.17) is 4.52 Å². The van der Waals surface area contributed by atoms with Gasteiger partial charge in [-0.3, -0.25) is 9.59 Å². The van der Waals surface area contributed by atoms with Crippen LogP contribution in [0.3, 0.4) is 0 Å². The number of carbonyl (C=O) groups excluding carboxylic acids is 2. The summed E-state index contributed by atoms with van der Waals surface area (Å²) in [7, 11) is 0. The molecule has 0 aliphatic carbocycles. The lowest BCUT2D eigenvalue weighted by Gasteiger charge is -2.09. The maximum absolute atomic E-state index is 12.6. The van der Waals surface area contributed by atoms with Gasteiger partial charge in [0.1, 0.15) is 5.76 Å². The van der Waals surface area contributed by atoms with Crippen molar-refractivity contribution in [3.8, 4) is 0 Å². The van der Waals surface area contributed by atoms with Crippen LogP contribution in [0.15, 0.2) is 64.1 Å². The van der Waals surface area contributed by atoms with Gasteiger partial charge >= 0.3 is 0 Å². The van der Waals surface area contributed by atoms with Crippen LogP contribution in [0, 0.1) is 20.8 Å². The number of hydrogen-bond acceptors (Lipinski definition) is 5. The van der Waals surface area contributed by atoms with Crippen LogP contribution in [0.25, 0.3) is 10.9 Å². The molecule has 0 spiro atoms. The molecule has 2 aromatic carbocycles. The van der Waals surface area contributed by atoms with Crippen LogP contribution < -0.4 is 10.6 Å². The molecule has 170 valence electrons. The van der Waals surface area contributed by atoms with Gasteiger partial charge < -0.3 is 19.7 Å². The van der Waals surface area contributed by atoms with E-state index < -0.39 is 0 Å². The molecule has 0 saturated heterocycles. The Kier molecular flexibility index (Phi) is 6.84. The Bertz CT molecular complexity index is 1290. The minimum Gasteiger partial charge on any atom is -0.360 e. The molecule has 0 fully saturated rings. The number of rotatable bonds is 8. The molecular weight excluding hydrogens is 436 g/mol. The molecule has 0 unspecified atom stereocenters. The van der Waals surface area contributed by atoms with Crippen molar-refractivity contribution in [2.24, 2.45) is 0 Å². The number of hydrogen-bond donors (Lipinski definition) is 2. The van der Waals surface area contributed by atoms with E-state index in [0.717, 1.165) is 26.9 Å². The van der Waals surface area contributed by atoms with Crippen molar-refractivity contribution in [2.75, 3.05) is 17.6 Å². The number of aromatic nitrogens is 2. The number of carbonyl (C=O) groups is 2. The number of para-hydroxylation sites is 1. The molecule has 0 atom stereocenters. The number of thioether (sulfide) groups is 1. The van der Waals surface area contributed by atoms with Crippen LogP contribution in [-0.4, -0.2) is 33.8 Å². The van der Waals surface area contributed by atoms with Crippen molar-refractivity contribution >= 4 is 40.3 Å². The van der Waals surface area contributed by atoms with Crippen molar-refractivity contribution in [1.29, 1.82) is 0 Å². The minimum atomic E-state index is -0.147. The summed E-state index contributed by atoms with van der Waals surface area (Å²) in [6, 6.07) is 15.6. The molecule has 7 nitrogen and oxygen atoms in total. The Morgan fingerprint density at radius 1 is 1.06 bits per heavy atom. The maximum Gasteiger partial charge on any atom is 0.251 e. The minimum absolute atomic E-state index is 0.0763. The zero-order chi connectivity index (χ0) is 23.4. The normalized spacial score (nSPS) is 11.0. The maximum atomic E-state index is 12.6. The fourth-order valence-corrected chi connectivity index (χ4v) is 4.65.